The first-order valence-corrected chi connectivity index (χ1v) is 8.90. The van der Waals surface area contributed by atoms with E-state index in [1.165, 1.54) is 6.21 Å². The van der Waals surface area contributed by atoms with E-state index in [2.05, 4.69) is 21.1 Å². The lowest BCUT2D eigenvalue weighted by atomic mass is 10.00. The van der Waals surface area contributed by atoms with E-state index in [-0.39, 0.29) is 18.9 Å². The molecule has 0 aliphatic heterocycles. The molecule has 0 fully saturated rings. The minimum atomic E-state index is -0.975. The van der Waals surface area contributed by atoms with E-state index in [1.54, 1.807) is 55.5 Å². The molecule has 1 atom stereocenters. The summed E-state index contributed by atoms with van der Waals surface area (Å²) in [6, 6.07) is 13.4. The van der Waals surface area contributed by atoms with Gasteiger partial charge in [-0.2, -0.15) is 5.10 Å². The Kier molecular flexibility index (Phi) is 7.72. The van der Waals surface area contributed by atoms with Crippen LogP contribution in [0, 0.1) is 0 Å². The Hall–Kier alpha value is -3.88. The van der Waals surface area contributed by atoms with Gasteiger partial charge < -0.3 is 26.9 Å². The first-order valence-electron chi connectivity index (χ1n) is 8.90. The molecule has 0 spiro atoms. The summed E-state index contributed by atoms with van der Waals surface area (Å²) in [5, 5.41) is 20.1. The molecule has 0 radical (unpaired) electrons. The third-order valence-corrected chi connectivity index (χ3v) is 4.07. The zero-order valence-corrected chi connectivity index (χ0v) is 15.9. The second-order valence-electron chi connectivity index (χ2n) is 6.26. The van der Waals surface area contributed by atoms with E-state index in [0.29, 0.717) is 16.9 Å². The molecule has 9 heteroatoms. The van der Waals surface area contributed by atoms with E-state index in [9.17, 15) is 14.4 Å². The van der Waals surface area contributed by atoms with Crippen LogP contribution in [0.15, 0.2) is 53.6 Å². The van der Waals surface area contributed by atoms with Crippen LogP contribution in [0.4, 0.5) is 16.2 Å². The van der Waals surface area contributed by atoms with Crippen LogP contribution in [0.2, 0.25) is 0 Å². The molecule has 0 bridgehead atoms. The van der Waals surface area contributed by atoms with Crippen molar-refractivity contribution in [3.05, 3.63) is 59.7 Å². The van der Waals surface area contributed by atoms with E-state index < -0.39 is 17.9 Å². The van der Waals surface area contributed by atoms with Crippen LogP contribution in [-0.4, -0.2) is 35.8 Å². The predicted molar refractivity (Wildman–Crippen MR) is 111 cm³/mol. The third kappa shape index (κ3) is 6.98. The number of hydrogen-bond donors (Lipinski definition) is 5. The van der Waals surface area contributed by atoms with Crippen molar-refractivity contribution in [2.45, 2.75) is 19.3 Å². The van der Waals surface area contributed by atoms with Gasteiger partial charge in [0.25, 0.3) is 0 Å². The molecule has 29 heavy (non-hydrogen) atoms. The number of amides is 3. The van der Waals surface area contributed by atoms with Crippen LogP contribution >= 0.6 is 0 Å². The number of nitrogens with one attached hydrogen (secondary N) is 3. The summed E-state index contributed by atoms with van der Waals surface area (Å²) in [7, 11) is 0. The molecule has 2 rings (SSSR count). The van der Waals surface area contributed by atoms with Gasteiger partial charge in [-0.05, 0) is 42.3 Å². The number of benzene rings is 2. The van der Waals surface area contributed by atoms with Crippen LogP contribution < -0.4 is 21.8 Å². The lowest BCUT2D eigenvalue weighted by Gasteiger charge is -2.14. The highest BCUT2D eigenvalue weighted by atomic mass is 16.4. The number of anilines is 2. The number of aliphatic carboxylic acids is 1. The summed E-state index contributed by atoms with van der Waals surface area (Å²) in [4.78, 5) is 34.9. The molecule has 0 heterocycles. The largest absolute Gasteiger partial charge is 0.481 e. The van der Waals surface area contributed by atoms with E-state index in [0.717, 1.165) is 5.56 Å². The molecule has 0 aliphatic carbocycles. The molecule has 2 aromatic carbocycles. The van der Waals surface area contributed by atoms with Crippen LogP contribution in [0.5, 0.6) is 0 Å². The van der Waals surface area contributed by atoms with E-state index >= 15 is 0 Å². The van der Waals surface area contributed by atoms with Gasteiger partial charge in [-0.25, -0.2) is 4.79 Å². The maximum atomic E-state index is 12.2. The van der Waals surface area contributed by atoms with Gasteiger partial charge in [0.2, 0.25) is 5.91 Å². The lowest BCUT2D eigenvalue weighted by Crippen LogP contribution is -2.30. The van der Waals surface area contributed by atoms with Crippen molar-refractivity contribution in [3.8, 4) is 0 Å². The monoisotopic (exact) mass is 397 g/mol. The first kappa shape index (κ1) is 21.4. The van der Waals surface area contributed by atoms with Gasteiger partial charge in [0, 0.05) is 17.9 Å². The van der Waals surface area contributed by atoms with Crippen molar-refractivity contribution in [2.24, 2.45) is 10.9 Å². The second-order valence-corrected chi connectivity index (χ2v) is 6.26. The zero-order chi connectivity index (χ0) is 21.2. The summed E-state index contributed by atoms with van der Waals surface area (Å²) >= 11 is 0. The number of hydrazone groups is 1. The van der Waals surface area contributed by atoms with E-state index in [1.807, 2.05) is 0 Å². The Bertz CT molecular complexity index is 896. The topological polar surface area (TPSA) is 146 Å². The van der Waals surface area contributed by atoms with Gasteiger partial charge >= 0.3 is 12.0 Å². The van der Waals surface area contributed by atoms with Crippen molar-refractivity contribution < 1.29 is 19.5 Å². The minimum Gasteiger partial charge on any atom is -0.481 e. The van der Waals surface area contributed by atoms with Crippen LogP contribution in [0.25, 0.3) is 0 Å². The summed E-state index contributed by atoms with van der Waals surface area (Å²) in [5.74, 6) is 3.34. The Morgan fingerprint density at radius 1 is 1.10 bits per heavy atom. The van der Waals surface area contributed by atoms with Gasteiger partial charge in [-0.3, -0.25) is 9.59 Å². The van der Waals surface area contributed by atoms with Crippen molar-refractivity contribution in [3.63, 3.8) is 0 Å². The Morgan fingerprint density at radius 2 is 1.79 bits per heavy atom. The number of carbonyl (C=O) groups is 3. The SMILES string of the molecule is CC(C(=O)NCCC(=O)O)c1cccc(NC(=O)Nc2ccc(C=NN)cc2)c1. The molecule has 3 amide bonds. The number of nitrogens with zero attached hydrogens (tertiary/aromatic N) is 1. The molecule has 152 valence electrons. The summed E-state index contributed by atoms with van der Waals surface area (Å²) in [6.45, 7) is 1.77. The van der Waals surface area contributed by atoms with Gasteiger partial charge in [0.1, 0.15) is 0 Å². The predicted octanol–water partition coefficient (Wildman–Crippen LogP) is 2.32. The number of carboxylic acid groups (broad SMARTS) is 1. The zero-order valence-electron chi connectivity index (χ0n) is 15.9. The highest BCUT2D eigenvalue weighted by Crippen LogP contribution is 2.20. The fourth-order valence-electron chi connectivity index (χ4n) is 2.51. The average molecular weight is 397 g/mol. The van der Waals surface area contributed by atoms with Gasteiger partial charge in [0.15, 0.2) is 0 Å². The van der Waals surface area contributed by atoms with Gasteiger partial charge in [0.05, 0.1) is 18.6 Å². The summed E-state index contributed by atoms with van der Waals surface area (Å²) < 4.78 is 0. The van der Waals surface area contributed by atoms with Crippen LogP contribution in [0.1, 0.15) is 30.4 Å². The quantitative estimate of drug-likeness (QED) is 0.264. The average Bonchev–Trinajstić information content (AvgIpc) is 2.69. The molecule has 0 saturated heterocycles. The standard InChI is InChI=1S/C20H23N5O4/c1-13(19(28)22-10-9-18(26)27)15-3-2-4-17(11-15)25-20(29)24-16-7-5-14(6-8-16)12-23-21/h2-8,11-13H,9-10,21H2,1H3,(H,22,28)(H,26,27)(H2,24,25,29). The minimum absolute atomic E-state index is 0.0643. The number of hydrogen-bond acceptors (Lipinski definition) is 5. The first-order chi connectivity index (χ1) is 13.9. The number of carboxylic acids is 1. The van der Waals surface area contributed by atoms with Crippen LogP contribution in [-0.2, 0) is 9.59 Å². The van der Waals surface area contributed by atoms with Gasteiger partial charge in [-0.1, -0.05) is 24.3 Å². The normalized spacial score (nSPS) is 11.6. The fourth-order valence-corrected chi connectivity index (χ4v) is 2.51. The molecular weight excluding hydrogens is 374 g/mol. The Labute approximate surface area is 168 Å². The van der Waals surface area contributed by atoms with Crippen molar-refractivity contribution in [2.75, 3.05) is 17.2 Å². The molecule has 0 aliphatic rings. The number of carbonyl (C=O) groups excluding carboxylic acids is 2. The molecular formula is C20H23N5O4. The maximum Gasteiger partial charge on any atom is 0.323 e. The summed E-state index contributed by atoms with van der Waals surface area (Å²) in [6.07, 6.45) is 1.36. The van der Waals surface area contributed by atoms with Gasteiger partial charge in [-0.15, -0.1) is 0 Å². The third-order valence-electron chi connectivity index (χ3n) is 4.07. The molecule has 0 saturated carbocycles. The lowest BCUT2D eigenvalue weighted by molar-refractivity contribution is -0.136. The van der Waals surface area contributed by atoms with Crippen LogP contribution in [0.3, 0.4) is 0 Å². The number of rotatable bonds is 8. The second kappa shape index (κ2) is 10.5. The molecule has 0 aromatic heterocycles. The van der Waals surface area contributed by atoms with E-state index in [4.69, 9.17) is 10.9 Å². The van der Waals surface area contributed by atoms with Crippen molar-refractivity contribution in [1.82, 2.24) is 5.32 Å². The van der Waals surface area contributed by atoms with Crippen molar-refractivity contribution >= 4 is 35.5 Å². The highest BCUT2D eigenvalue weighted by molar-refractivity contribution is 6.00. The number of nitrogens with two attached hydrogens (primary N) is 1. The molecule has 6 N–H and O–H groups in total. The summed E-state index contributed by atoms with van der Waals surface area (Å²) in [5.41, 5.74) is 2.62. The molecule has 2 aromatic rings. The Balaban J connectivity index is 1.95. The maximum absolute atomic E-state index is 12.2. The Morgan fingerprint density at radius 3 is 2.45 bits per heavy atom. The van der Waals surface area contributed by atoms with Crippen molar-refractivity contribution in [1.29, 1.82) is 0 Å². The number of urea groups is 1. The smallest absolute Gasteiger partial charge is 0.323 e. The fraction of sp³-hybridized carbons (Fsp3) is 0.200. The molecule has 1 unspecified atom stereocenters. The highest BCUT2D eigenvalue weighted by Gasteiger charge is 2.16. The molecule has 9 nitrogen and oxygen atoms in total.